The zero-order valence-corrected chi connectivity index (χ0v) is 15.9. The van der Waals surface area contributed by atoms with Crippen molar-refractivity contribution < 1.29 is 9.59 Å². The molecule has 0 saturated carbocycles. The number of nitrogens with one attached hydrogen (secondary N) is 2. The summed E-state index contributed by atoms with van der Waals surface area (Å²) in [7, 11) is 0. The Labute approximate surface area is 157 Å². The van der Waals surface area contributed by atoms with E-state index >= 15 is 0 Å². The van der Waals surface area contributed by atoms with E-state index in [-0.39, 0.29) is 11.8 Å². The molecule has 1 aliphatic carbocycles. The molecule has 0 aliphatic heterocycles. The van der Waals surface area contributed by atoms with Crippen LogP contribution in [0, 0.1) is 5.92 Å². The summed E-state index contributed by atoms with van der Waals surface area (Å²) in [5.41, 5.74) is 2.77. The quantitative estimate of drug-likeness (QED) is 0.773. The number of anilines is 2. The van der Waals surface area contributed by atoms with Gasteiger partial charge in [-0.2, -0.15) is 0 Å². The molecule has 2 aromatic rings. The van der Waals surface area contributed by atoms with Crippen molar-refractivity contribution in [2.75, 3.05) is 10.6 Å². The molecule has 0 bridgehead atoms. The molecule has 2 N–H and O–H groups in total. The Bertz CT molecular complexity index is 824. The molecule has 1 aromatic heterocycles. The summed E-state index contributed by atoms with van der Waals surface area (Å²) in [5.74, 6) is 0.449. The van der Waals surface area contributed by atoms with Crippen LogP contribution in [0.25, 0.3) is 6.08 Å². The maximum Gasteiger partial charge on any atom is 0.250 e. The Hall–Kier alpha value is -2.47. The van der Waals surface area contributed by atoms with E-state index in [2.05, 4.69) is 22.5 Å². The SMILES string of the molecule is CCC1CCc2nc(NC(=O)C=Cc3ccc(NC(C)=O)cc3)sc2C1. The van der Waals surface area contributed by atoms with Crippen LogP contribution in [0.5, 0.6) is 0 Å². The Morgan fingerprint density at radius 3 is 2.73 bits per heavy atom. The molecule has 26 heavy (non-hydrogen) atoms. The lowest BCUT2D eigenvalue weighted by molar-refractivity contribution is -0.114. The number of carbonyl (C=O) groups is 2. The third-order valence-electron chi connectivity index (χ3n) is 4.51. The average molecular weight is 369 g/mol. The summed E-state index contributed by atoms with van der Waals surface area (Å²) in [6.07, 6.45) is 7.72. The molecule has 0 spiro atoms. The molecule has 1 aliphatic rings. The van der Waals surface area contributed by atoms with Crippen molar-refractivity contribution in [1.82, 2.24) is 4.98 Å². The van der Waals surface area contributed by atoms with Crippen molar-refractivity contribution in [3.8, 4) is 0 Å². The van der Waals surface area contributed by atoms with Gasteiger partial charge in [0.15, 0.2) is 5.13 Å². The van der Waals surface area contributed by atoms with Crippen molar-refractivity contribution in [1.29, 1.82) is 0 Å². The van der Waals surface area contributed by atoms with Crippen LogP contribution >= 0.6 is 11.3 Å². The minimum absolute atomic E-state index is 0.107. The molecule has 136 valence electrons. The van der Waals surface area contributed by atoms with Crippen LogP contribution < -0.4 is 10.6 Å². The second-order valence-corrected chi connectivity index (χ2v) is 7.62. The molecular formula is C20H23N3O2S. The van der Waals surface area contributed by atoms with Gasteiger partial charge in [-0.15, -0.1) is 11.3 Å². The predicted octanol–water partition coefficient (Wildman–Crippen LogP) is 4.27. The Morgan fingerprint density at radius 2 is 2.04 bits per heavy atom. The highest BCUT2D eigenvalue weighted by Gasteiger charge is 2.21. The maximum atomic E-state index is 12.1. The minimum Gasteiger partial charge on any atom is -0.326 e. The summed E-state index contributed by atoms with van der Waals surface area (Å²) in [6, 6.07) is 7.31. The fourth-order valence-corrected chi connectivity index (χ4v) is 4.17. The Balaban J connectivity index is 1.58. The number of fused-ring (bicyclic) bond motifs is 1. The van der Waals surface area contributed by atoms with Crippen LogP contribution in [0.3, 0.4) is 0 Å². The van der Waals surface area contributed by atoms with E-state index in [1.165, 1.54) is 30.7 Å². The number of aryl methyl sites for hydroxylation is 1. The highest BCUT2D eigenvalue weighted by Crippen LogP contribution is 2.33. The van der Waals surface area contributed by atoms with Gasteiger partial charge in [0.1, 0.15) is 0 Å². The summed E-state index contributed by atoms with van der Waals surface area (Å²) < 4.78 is 0. The number of rotatable bonds is 5. The number of amides is 2. The molecule has 1 heterocycles. The Kier molecular flexibility index (Phi) is 5.83. The van der Waals surface area contributed by atoms with Crippen LogP contribution in [0.2, 0.25) is 0 Å². The Morgan fingerprint density at radius 1 is 1.27 bits per heavy atom. The first-order valence-electron chi connectivity index (χ1n) is 8.88. The van der Waals surface area contributed by atoms with Crippen molar-refractivity contribution in [3.63, 3.8) is 0 Å². The highest BCUT2D eigenvalue weighted by atomic mass is 32.1. The van der Waals surface area contributed by atoms with Gasteiger partial charge in [-0.05, 0) is 49.0 Å². The van der Waals surface area contributed by atoms with Gasteiger partial charge in [0.05, 0.1) is 5.69 Å². The van der Waals surface area contributed by atoms with E-state index < -0.39 is 0 Å². The number of hydrogen-bond donors (Lipinski definition) is 2. The molecule has 1 atom stereocenters. The number of benzene rings is 1. The van der Waals surface area contributed by atoms with Crippen LogP contribution in [0.15, 0.2) is 30.3 Å². The largest absolute Gasteiger partial charge is 0.326 e. The van der Waals surface area contributed by atoms with E-state index in [0.29, 0.717) is 5.13 Å². The van der Waals surface area contributed by atoms with Crippen molar-refractivity contribution in [2.45, 2.75) is 39.5 Å². The van der Waals surface area contributed by atoms with Gasteiger partial charge >= 0.3 is 0 Å². The van der Waals surface area contributed by atoms with Gasteiger partial charge in [-0.25, -0.2) is 4.98 Å². The number of aromatic nitrogens is 1. The molecule has 0 saturated heterocycles. The lowest BCUT2D eigenvalue weighted by Gasteiger charge is -2.18. The molecule has 1 aromatic carbocycles. The van der Waals surface area contributed by atoms with E-state index in [4.69, 9.17) is 0 Å². The third-order valence-corrected chi connectivity index (χ3v) is 5.54. The topological polar surface area (TPSA) is 71.1 Å². The number of carbonyl (C=O) groups excluding carboxylic acids is 2. The molecule has 3 rings (SSSR count). The average Bonchev–Trinajstić information content (AvgIpc) is 3.01. The summed E-state index contributed by atoms with van der Waals surface area (Å²) in [5, 5.41) is 6.26. The second-order valence-electron chi connectivity index (χ2n) is 6.53. The van der Waals surface area contributed by atoms with Crippen molar-refractivity contribution >= 4 is 40.0 Å². The van der Waals surface area contributed by atoms with Crippen molar-refractivity contribution in [2.24, 2.45) is 5.92 Å². The van der Waals surface area contributed by atoms with Gasteiger partial charge < -0.3 is 5.32 Å². The second kappa shape index (κ2) is 8.27. The fraction of sp³-hybridized carbons (Fsp3) is 0.350. The molecular weight excluding hydrogens is 346 g/mol. The minimum atomic E-state index is -0.186. The standard InChI is InChI=1S/C20H23N3O2S/c1-3-14-6-10-17-18(12-14)26-20(22-17)23-19(25)11-7-15-4-8-16(9-5-15)21-13(2)24/h4-5,7-9,11,14H,3,6,10,12H2,1-2H3,(H,21,24)(H,22,23,25). The highest BCUT2D eigenvalue weighted by molar-refractivity contribution is 7.15. The lowest BCUT2D eigenvalue weighted by atomic mass is 9.89. The smallest absolute Gasteiger partial charge is 0.250 e. The zero-order chi connectivity index (χ0) is 18.5. The van der Waals surface area contributed by atoms with Crippen LogP contribution in [-0.4, -0.2) is 16.8 Å². The molecule has 5 nitrogen and oxygen atoms in total. The summed E-state index contributed by atoms with van der Waals surface area (Å²) >= 11 is 1.59. The maximum absolute atomic E-state index is 12.1. The lowest BCUT2D eigenvalue weighted by Crippen LogP contribution is -2.11. The third kappa shape index (κ3) is 4.79. The number of nitrogens with zero attached hydrogens (tertiary/aromatic N) is 1. The van der Waals surface area contributed by atoms with Gasteiger partial charge in [-0.1, -0.05) is 25.5 Å². The van der Waals surface area contributed by atoms with E-state index in [1.807, 2.05) is 12.1 Å². The fourth-order valence-electron chi connectivity index (χ4n) is 3.04. The van der Waals surface area contributed by atoms with Crippen LogP contribution in [-0.2, 0) is 22.4 Å². The van der Waals surface area contributed by atoms with E-state index in [1.54, 1.807) is 29.5 Å². The first-order valence-corrected chi connectivity index (χ1v) is 9.70. The first-order chi connectivity index (χ1) is 12.5. The normalized spacial score (nSPS) is 16.3. The summed E-state index contributed by atoms with van der Waals surface area (Å²) in [4.78, 5) is 29.0. The van der Waals surface area contributed by atoms with Crippen molar-refractivity contribution in [3.05, 3.63) is 46.5 Å². The molecule has 6 heteroatoms. The molecule has 0 fully saturated rings. The summed E-state index contributed by atoms with van der Waals surface area (Å²) in [6.45, 7) is 3.70. The van der Waals surface area contributed by atoms with Gasteiger partial charge in [0, 0.05) is 23.6 Å². The number of hydrogen-bond acceptors (Lipinski definition) is 4. The first kappa shape index (κ1) is 18.3. The predicted molar refractivity (Wildman–Crippen MR) is 106 cm³/mol. The van der Waals surface area contributed by atoms with Gasteiger partial charge in [0.2, 0.25) is 11.8 Å². The number of thiazole rings is 1. The van der Waals surface area contributed by atoms with E-state index in [9.17, 15) is 9.59 Å². The van der Waals surface area contributed by atoms with Gasteiger partial charge in [-0.3, -0.25) is 14.9 Å². The molecule has 1 unspecified atom stereocenters. The van der Waals surface area contributed by atoms with Gasteiger partial charge in [0.25, 0.3) is 0 Å². The monoisotopic (exact) mass is 369 g/mol. The van der Waals surface area contributed by atoms with Crippen LogP contribution in [0.4, 0.5) is 10.8 Å². The van der Waals surface area contributed by atoms with Crippen LogP contribution in [0.1, 0.15) is 42.8 Å². The zero-order valence-electron chi connectivity index (χ0n) is 15.0. The van der Waals surface area contributed by atoms with E-state index in [0.717, 1.165) is 35.7 Å². The molecule has 0 radical (unpaired) electrons. The molecule has 2 amide bonds.